The number of aliphatic imine (C=N–C) groups is 1. The SMILES string of the molecule is CC(C)(C)C1CCC(N2C(=Nc3ccccc3Cl)OCC2c2ccc(C(=O)NCCC(=O)O)cc2)CC1. The van der Waals surface area contributed by atoms with E-state index in [1.54, 1.807) is 12.1 Å². The zero-order valence-corrected chi connectivity index (χ0v) is 22.5. The molecule has 0 spiro atoms. The second kappa shape index (κ2) is 11.5. The number of nitrogens with one attached hydrogen (secondary N) is 1. The van der Waals surface area contributed by atoms with E-state index in [0.717, 1.165) is 31.2 Å². The fourth-order valence-electron chi connectivity index (χ4n) is 5.31. The minimum absolute atomic E-state index is 0.0263. The molecule has 2 aliphatic rings. The first-order valence-corrected chi connectivity index (χ1v) is 13.4. The standard InChI is InChI=1S/C29H36ClN3O4/c1-29(2,3)21-12-14-22(15-13-21)33-25(18-37-28(33)32-24-7-5-4-6-23(24)30)19-8-10-20(11-9-19)27(36)31-17-16-26(34)35/h4-11,21-22,25H,12-18H2,1-3H3,(H,31,36)(H,34,35). The van der Waals surface area contributed by atoms with E-state index in [2.05, 4.69) is 31.0 Å². The molecular formula is C29H36ClN3O4. The highest BCUT2D eigenvalue weighted by Gasteiger charge is 2.40. The zero-order valence-electron chi connectivity index (χ0n) is 21.7. The van der Waals surface area contributed by atoms with Gasteiger partial charge in [0.1, 0.15) is 6.61 Å². The van der Waals surface area contributed by atoms with Crippen LogP contribution in [0.25, 0.3) is 0 Å². The lowest BCUT2D eigenvalue weighted by Crippen LogP contribution is -2.42. The van der Waals surface area contributed by atoms with Crippen LogP contribution in [0.5, 0.6) is 0 Å². The molecule has 1 saturated carbocycles. The van der Waals surface area contributed by atoms with Crippen molar-refractivity contribution in [2.24, 2.45) is 16.3 Å². The summed E-state index contributed by atoms with van der Waals surface area (Å²) in [5.41, 5.74) is 2.52. The summed E-state index contributed by atoms with van der Waals surface area (Å²) >= 11 is 6.41. The predicted molar refractivity (Wildman–Crippen MR) is 145 cm³/mol. The summed E-state index contributed by atoms with van der Waals surface area (Å²) in [6, 6.07) is 15.8. The molecule has 1 atom stereocenters. The van der Waals surface area contributed by atoms with Crippen molar-refractivity contribution in [3.8, 4) is 0 Å². The molecule has 37 heavy (non-hydrogen) atoms. The largest absolute Gasteiger partial charge is 0.481 e. The number of carboxylic acid groups (broad SMARTS) is 1. The van der Waals surface area contributed by atoms with Gasteiger partial charge < -0.3 is 20.1 Å². The molecule has 4 rings (SSSR count). The number of para-hydroxylation sites is 1. The number of nitrogens with zero attached hydrogens (tertiary/aromatic N) is 2. The molecule has 0 aromatic heterocycles. The molecule has 0 radical (unpaired) electrons. The maximum absolute atomic E-state index is 12.4. The van der Waals surface area contributed by atoms with Crippen molar-refractivity contribution in [1.29, 1.82) is 0 Å². The van der Waals surface area contributed by atoms with Gasteiger partial charge in [0.05, 0.1) is 23.2 Å². The molecule has 1 saturated heterocycles. The number of aliphatic carboxylic acids is 1. The van der Waals surface area contributed by atoms with Crippen molar-refractivity contribution in [1.82, 2.24) is 10.2 Å². The van der Waals surface area contributed by atoms with Crippen molar-refractivity contribution in [3.63, 3.8) is 0 Å². The maximum Gasteiger partial charge on any atom is 0.305 e. The number of carbonyl (C=O) groups excluding carboxylic acids is 1. The van der Waals surface area contributed by atoms with E-state index in [0.29, 0.717) is 46.3 Å². The molecule has 8 heteroatoms. The van der Waals surface area contributed by atoms with Crippen LogP contribution in [-0.4, -0.2) is 47.1 Å². The minimum Gasteiger partial charge on any atom is -0.481 e. The number of benzene rings is 2. The molecule has 7 nitrogen and oxygen atoms in total. The number of carbonyl (C=O) groups is 2. The number of carboxylic acids is 1. The lowest BCUT2D eigenvalue weighted by atomic mass is 9.71. The third kappa shape index (κ3) is 6.63. The van der Waals surface area contributed by atoms with Gasteiger partial charge in [-0.3, -0.25) is 9.59 Å². The first kappa shape index (κ1) is 27.0. The average Bonchev–Trinajstić information content (AvgIpc) is 3.28. The van der Waals surface area contributed by atoms with Gasteiger partial charge in [0, 0.05) is 18.2 Å². The van der Waals surface area contributed by atoms with Crippen LogP contribution in [0.15, 0.2) is 53.5 Å². The molecule has 1 aliphatic carbocycles. The second-order valence-corrected chi connectivity index (χ2v) is 11.4. The van der Waals surface area contributed by atoms with Gasteiger partial charge in [-0.25, -0.2) is 0 Å². The van der Waals surface area contributed by atoms with Crippen LogP contribution >= 0.6 is 11.6 Å². The van der Waals surface area contributed by atoms with E-state index < -0.39 is 5.97 Å². The molecule has 1 heterocycles. The molecule has 1 aliphatic heterocycles. The summed E-state index contributed by atoms with van der Waals surface area (Å²) in [6.45, 7) is 7.53. The third-order valence-electron chi connectivity index (χ3n) is 7.49. The van der Waals surface area contributed by atoms with Crippen molar-refractivity contribution < 1.29 is 19.4 Å². The normalized spacial score (nSPS) is 23.1. The Balaban J connectivity index is 1.56. The molecular weight excluding hydrogens is 490 g/mol. The first-order valence-electron chi connectivity index (χ1n) is 13.0. The van der Waals surface area contributed by atoms with Crippen LogP contribution < -0.4 is 5.32 Å². The van der Waals surface area contributed by atoms with Gasteiger partial charge >= 0.3 is 5.97 Å². The Kier molecular flexibility index (Phi) is 8.42. The number of hydrogen-bond donors (Lipinski definition) is 2. The highest BCUT2D eigenvalue weighted by Crippen LogP contribution is 2.42. The lowest BCUT2D eigenvalue weighted by molar-refractivity contribution is -0.136. The van der Waals surface area contributed by atoms with Gasteiger partial charge in [-0.05, 0) is 66.8 Å². The van der Waals surface area contributed by atoms with Gasteiger partial charge in [0.15, 0.2) is 0 Å². The Hall–Kier alpha value is -3.06. The Bertz CT molecular complexity index is 1130. The molecule has 2 N–H and O–H groups in total. The summed E-state index contributed by atoms with van der Waals surface area (Å²) < 4.78 is 6.17. The van der Waals surface area contributed by atoms with Gasteiger partial charge in [0.2, 0.25) is 0 Å². The lowest BCUT2D eigenvalue weighted by Gasteiger charge is -2.41. The van der Waals surface area contributed by atoms with E-state index in [1.807, 2.05) is 36.4 Å². The van der Waals surface area contributed by atoms with Crippen LogP contribution in [-0.2, 0) is 9.53 Å². The summed E-state index contributed by atoms with van der Waals surface area (Å²) in [6.07, 6.45) is 4.34. The molecule has 2 fully saturated rings. The van der Waals surface area contributed by atoms with Gasteiger partial charge in [0.25, 0.3) is 11.9 Å². The van der Waals surface area contributed by atoms with E-state index in [4.69, 9.17) is 26.4 Å². The van der Waals surface area contributed by atoms with Gasteiger partial charge in [-0.1, -0.05) is 56.6 Å². The minimum atomic E-state index is -0.942. The van der Waals surface area contributed by atoms with E-state index in [-0.39, 0.29) is 24.9 Å². The summed E-state index contributed by atoms with van der Waals surface area (Å²) in [5, 5.41) is 12.0. The maximum atomic E-state index is 12.4. The van der Waals surface area contributed by atoms with Crippen molar-refractivity contribution in [3.05, 3.63) is 64.7 Å². The van der Waals surface area contributed by atoms with Gasteiger partial charge in [-0.2, -0.15) is 4.99 Å². The Morgan fingerprint density at radius 3 is 2.38 bits per heavy atom. The molecule has 2 aromatic rings. The average molecular weight is 526 g/mol. The number of amidine groups is 1. The number of halogens is 1. The smallest absolute Gasteiger partial charge is 0.305 e. The van der Waals surface area contributed by atoms with E-state index in [9.17, 15) is 9.59 Å². The van der Waals surface area contributed by atoms with Crippen molar-refractivity contribution in [2.75, 3.05) is 13.2 Å². The molecule has 1 unspecified atom stereocenters. The van der Waals surface area contributed by atoms with Crippen molar-refractivity contribution in [2.45, 2.75) is 65.0 Å². The Morgan fingerprint density at radius 2 is 1.76 bits per heavy atom. The second-order valence-electron chi connectivity index (χ2n) is 11.0. The van der Waals surface area contributed by atoms with Crippen LogP contribution in [0.2, 0.25) is 5.02 Å². The van der Waals surface area contributed by atoms with E-state index >= 15 is 0 Å². The van der Waals surface area contributed by atoms with Crippen LogP contribution in [0.4, 0.5) is 5.69 Å². The summed E-state index contributed by atoms with van der Waals surface area (Å²) in [5.74, 6) is -0.537. The highest BCUT2D eigenvalue weighted by atomic mass is 35.5. The molecule has 0 bridgehead atoms. The molecule has 1 amide bonds. The topological polar surface area (TPSA) is 91.2 Å². The first-order chi connectivity index (χ1) is 17.6. The zero-order chi connectivity index (χ0) is 26.6. The van der Waals surface area contributed by atoms with Crippen LogP contribution in [0, 0.1) is 11.3 Å². The third-order valence-corrected chi connectivity index (χ3v) is 7.81. The highest BCUT2D eigenvalue weighted by molar-refractivity contribution is 6.33. The molecule has 198 valence electrons. The summed E-state index contributed by atoms with van der Waals surface area (Å²) in [4.78, 5) is 30.2. The predicted octanol–water partition coefficient (Wildman–Crippen LogP) is 6.21. The Morgan fingerprint density at radius 1 is 1.08 bits per heavy atom. The van der Waals surface area contributed by atoms with Crippen LogP contribution in [0.1, 0.15) is 74.8 Å². The summed E-state index contributed by atoms with van der Waals surface area (Å²) in [7, 11) is 0. The monoisotopic (exact) mass is 525 g/mol. The van der Waals surface area contributed by atoms with Gasteiger partial charge in [-0.15, -0.1) is 0 Å². The Labute approximate surface area is 223 Å². The number of hydrogen-bond acceptors (Lipinski definition) is 4. The fraction of sp³-hybridized carbons (Fsp3) is 0.483. The number of amides is 1. The number of ether oxygens (including phenoxy) is 1. The van der Waals surface area contributed by atoms with Crippen LogP contribution in [0.3, 0.4) is 0 Å². The van der Waals surface area contributed by atoms with Crippen molar-refractivity contribution >= 4 is 35.2 Å². The van der Waals surface area contributed by atoms with E-state index in [1.165, 1.54) is 0 Å². The quantitative estimate of drug-likeness (QED) is 0.448. The fourth-order valence-corrected chi connectivity index (χ4v) is 5.48. The molecule has 2 aromatic carbocycles. The number of rotatable bonds is 7.